The van der Waals surface area contributed by atoms with E-state index in [-0.39, 0.29) is 5.69 Å². The van der Waals surface area contributed by atoms with Crippen LogP contribution >= 0.6 is 22.7 Å². The molecule has 0 aliphatic carbocycles. The second kappa shape index (κ2) is 11.3. The number of benzene rings is 1. The summed E-state index contributed by atoms with van der Waals surface area (Å²) in [7, 11) is -1.18. The van der Waals surface area contributed by atoms with Crippen molar-refractivity contribution in [2.24, 2.45) is 4.99 Å². The minimum absolute atomic E-state index is 0.127. The molecule has 4 heterocycles. The van der Waals surface area contributed by atoms with E-state index in [9.17, 15) is 9.90 Å². The number of hydrogen-bond donors (Lipinski definition) is 1. The van der Waals surface area contributed by atoms with Crippen LogP contribution < -0.4 is 9.70 Å². The lowest BCUT2D eigenvalue weighted by molar-refractivity contribution is 0.0690. The van der Waals surface area contributed by atoms with E-state index in [1.54, 1.807) is 11.3 Å². The van der Waals surface area contributed by atoms with Gasteiger partial charge in [0.1, 0.15) is 6.73 Å². The second-order valence-corrected chi connectivity index (χ2v) is 18.6. The van der Waals surface area contributed by atoms with Crippen LogP contribution in [-0.4, -0.2) is 52.0 Å². The maximum Gasteiger partial charge on any atom is 0.355 e. The molecule has 12 heteroatoms. The number of fused-ring (bicyclic) bond motifs is 2. The van der Waals surface area contributed by atoms with Crippen molar-refractivity contribution in [1.29, 1.82) is 0 Å². The molecule has 9 nitrogen and oxygen atoms in total. The van der Waals surface area contributed by atoms with Gasteiger partial charge in [-0.15, -0.1) is 21.5 Å². The van der Waals surface area contributed by atoms with E-state index in [1.807, 2.05) is 30.9 Å². The number of ether oxygens (including phenoxy) is 1. The van der Waals surface area contributed by atoms with Crippen molar-refractivity contribution in [3.63, 3.8) is 0 Å². The molecule has 5 rings (SSSR count). The average Bonchev–Trinajstić information content (AvgIpc) is 3.49. The summed E-state index contributed by atoms with van der Waals surface area (Å²) >= 11 is 3.03. The van der Waals surface area contributed by atoms with Crippen LogP contribution in [0.3, 0.4) is 0 Å². The number of carboxylic acid groups (broad SMARTS) is 1. The van der Waals surface area contributed by atoms with Gasteiger partial charge in [-0.25, -0.2) is 9.78 Å². The number of carboxylic acids is 1. The van der Waals surface area contributed by atoms with Crippen molar-refractivity contribution in [3.8, 4) is 0 Å². The lowest BCUT2D eigenvalue weighted by atomic mass is 10.0. The summed E-state index contributed by atoms with van der Waals surface area (Å²) in [5.41, 5.74) is 3.29. The molecule has 0 unspecified atom stereocenters. The Bertz CT molecular complexity index is 1590. The molecule has 39 heavy (non-hydrogen) atoms. The molecule has 0 fully saturated rings. The molecule has 0 spiro atoms. The quantitative estimate of drug-likeness (QED) is 0.186. The first kappa shape index (κ1) is 27.6. The SMILES string of the molecule is CCc1sc(N2CCCc3c2nnc(N=c2sc4ccccc4n2COCC[Si](C)(C)C)c3C)nc1C(=O)O. The normalized spacial score (nSPS) is 14.3. The number of aromatic carboxylic acids is 1. The smallest absolute Gasteiger partial charge is 0.355 e. The number of anilines is 2. The van der Waals surface area contributed by atoms with Crippen LogP contribution in [0.4, 0.5) is 16.8 Å². The fourth-order valence-corrected chi connectivity index (χ4v) is 7.37. The van der Waals surface area contributed by atoms with E-state index in [1.165, 1.54) is 11.3 Å². The molecular formula is C27H34N6O3S2Si. The van der Waals surface area contributed by atoms with Crippen molar-refractivity contribution >= 4 is 63.7 Å². The second-order valence-electron chi connectivity index (χ2n) is 10.9. The molecule has 0 bridgehead atoms. The number of rotatable bonds is 9. The van der Waals surface area contributed by atoms with Gasteiger partial charge in [-0.2, -0.15) is 4.99 Å². The van der Waals surface area contributed by atoms with E-state index in [0.717, 1.165) is 68.9 Å². The summed E-state index contributed by atoms with van der Waals surface area (Å²) in [6.45, 7) is 12.9. The maximum atomic E-state index is 11.7. The maximum absolute atomic E-state index is 11.7. The number of hydrogen-bond acceptors (Lipinski definition) is 9. The van der Waals surface area contributed by atoms with Gasteiger partial charge in [-0.1, -0.05) is 50.0 Å². The summed E-state index contributed by atoms with van der Waals surface area (Å²) in [4.78, 5) is 24.7. The van der Waals surface area contributed by atoms with Crippen molar-refractivity contribution < 1.29 is 14.6 Å². The van der Waals surface area contributed by atoms with Crippen LogP contribution in [0.2, 0.25) is 25.7 Å². The van der Waals surface area contributed by atoms with E-state index >= 15 is 0 Å². The number of thiazole rings is 2. The first-order valence-electron chi connectivity index (χ1n) is 13.2. The van der Waals surface area contributed by atoms with Crippen molar-refractivity contribution in [2.75, 3.05) is 18.1 Å². The summed E-state index contributed by atoms with van der Waals surface area (Å²) in [5, 5.41) is 19.4. The van der Waals surface area contributed by atoms with Crippen molar-refractivity contribution in [1.82, 2.24) is 19.7 Å². The molecule has 3 aromatic heterocycles. The minimum Gasteiger partial charge on any atom is -0.476 e. The summed E-state index contributed by atoms with van der Waals surface area (Å²) < 4.78 is 9.38. The third-order valence-corrected chi connectivity index (χ3v) is 10.8. The predicted molar refractivity (Wildman–Crippen MR) is 160 cm³/mol. The van der Waals surface area contributed by atoms with E-state index in [0.29, 0.717) is 24.1 Å². The topological polar surface area (TPSA) is 106 Å². The highest BCUT2D eigenvalue weighted by Gasteiger charge is 2.28. The Morgan fingerprint density at radius 3 is 2.72 bits per heavy atom. The Balaban J connectivity index is 1.51. The highest BCUT2D eigenvalue weighted by molar-refractivity contribution is 7.16. The first-order valence-corrected chi connectivity index (χ1v) is 18.6. The Morgan fingerprint density at radius 1 is 1.21 bits per heavy atom. The molecule has 0 saturated heterocycles. The van der Waals surface area contributed by atoms with Gasteiger partial charge >= 0.3 is 5.97 Å². The molecular weight excluding hydrogens is 549 g/mol. The van der Waals surface area contributed by atoms with E-state index in [4.69, 9.17) is 9.73 Å². The van der Waals surface area contributed by atoms with Gasteiger partial charge < -0.3 is 14.7 Å². The third-order valence-electron chi connectivity index (χ3n) is 6.81. The number of aryl methyl sites for hydroxylation is 1. The Kier molecular flexibility index (Phi) is 7.99. The lowest BCUT2D eigenvalue weighted by Crippen LogP contribution is -2.27. The highest BCUT2D eigenvalue weighted by Crippen LogP contribution is 2.38. The van der Waals surface area contributed by atoms with Gasteiger partial charge in [-0.3, -0.25) is 4.57 Å². The van der Waals surface area contributed by atoms with Crippen LogP contribution in [0.1, 0.15) is 39.8 Å². The molecule has 0 radical (unpaired) electrons. The molecule has 0 saturated carbocycles. The average molecular weight is 583 g/mol. The minimum atomic E-state index is -1.18. The lowest BCUT2D eigenvalue weighted by Gasteiger charge is -2.28. The summed E-state index contributed by atoms with van der Waals surface area (Å²) in [5.74, 6) is 0.339. The standard InChI is InChI=1S/C27H34N6O3S2Si/c1-6-20-22(25(34)35)28-26(37-20)32-13-9-10-18-17(2)23(30-31-24(18)32)29-27-33(16-36-14-15-39(3,4)5)19-11-7-8-12-21(19)38-27/h7-8,11-12H,6,9-10,13-16H2,1-5H3,(H,34,35). The van der Waals surface area contributed by atoms with Crippen LogP contribution in [-0.2, 0) is 24.3 Å². The monoisotopic (exact) mass is 582 g/mol. The molecule has 1 N–H and O–H groups in total. The number of para-hydroxylation sites is 1. The number of aromatic nitrogens is 4. The largest absolute Gasteiger partial charge is 0.476 e. The molecule has 0 amide bonds. The molecule has 0 atom stereocenters. The fraction of sp³-hybridized carbons (Fsp3) is 0.444. The Morgan fingerprint density at radius 2 is 2.00 bits per heavy atom. The van der Waals surface area contributed by atoms with E-state index < -0.39 is 14.0 Å². The van der Waals surface area contributed by atoms with Crippen molar-refractivity contribution in [2.45, 2.75) is 65.5 Å². The molecule has 206 valence electrons. The Labute approximate surface area is 236 Å². The van der Waals surface area contributed by atoms with Gasteiger partial charge in [0.05, 0.1) is 10.2 Å². The zero-order valence-electron chi connectivity index (χ0n) is 23.0. The zero-order valence-corrected chi connectivity index (χ0v) is 25.7. The van der Waals surface area contributed by atoms with E-state index in [2.05, 4.69) is 51.5 Å². The predicted octanol–water partition coefficient (Wildman–Crippen LogP) is 6.15. The summed E-state index contributed by atoms with van der Waals surface area (Å²) in [6, 6.07) is 9.38. The van der Waals surface area contributed by atoms with Crippen LogP contribution in [0.25, 0.3) is 10.2 Å². The Hall–Kier alpha value is -2.93. The zero-order chi connectivity index (χ0) is 27.7. The van der Waals surface area contributed by atoms with Crippen molar-refractivity contribution in [3.05, 3.63) is 50.8 Å². The molecule has 4 aromatic rings. The van der Waals surface area contributed by atoms with Gasteiger partial charge in [0.2, 0.25) is 0 Å². The van der Waals surface area contributed by atoms with Crippen LogP contribution in [0.5, 0.6) is 0 Å². The molecule has 1 aromatic carbocycles. The fourth-order valence-electron chi connectivity index (χ4n) is 4.58. The molecule has 1 aliphatic heterocycles. The van der Waals surface area contributed by atoms with Crippen LogP contribution in [0.15, 0.2) is 29.3 Å². The first-order chi connectivity index (χ1) is 18.7. The number of carbonyl (C=O) groups is 1. The van der Waals surface area contributed by atoms with Gasteiger partial charge in [0.25, 0.3) is 0 Å². The third kappa shape index (κ3) is 5.83. The number of nitrogens with zero attached hydrogens (tertiary/aromatic N) is 6. The van der Waals surface area contributed by atoms with Gasteiger partial charge in [0, 0.05) is 37.2 Å². The summed E-state index contributed by atoms with van der Waals surface area (Å²) in [6.07, 6.45) is 2.40. The van der Waals surface area contributed by atoms with Crippen LogP contribution in [0, 0.1) is 6.92 Å². The van der Waals surface area contributed by atoms with Gasteiger partial charge in [-0.05, 0) is 44.4 Å². The van der Waals surface area contributed by atoms with Gasteiger partial charge in [0.15, 0.2) is 27.3 Å². The molecule has 1 aliphatic rings. The highest BCUT2D eigenvalue weighted by atomic mass is 32.1.